The molecule has 0 unspecified atom stereocenters. The predicted molar refractivity (Wildman–Crippen MR) is 117 cm³/mol. The van der Waals surface area contributed by atoms with Crippen molar-refractivity contribution in [2.45, 2.75) is 77.2 Å². The number of carbonyl (C=O) groups is 2. The van der Waals surface area contributed by atoms with Crippen LogP contribution in [0, 0.1) is 18.8 Å². The molecule has 0 spiro atoms. The number of imide groups is 1. The summed E-state index contributed by atoms with van der Waals surface area (Å²) in [5.74, 6) is 1.04. The fourth-order valence-electron chi connectivity index (χ4n) is 4.79. The molecule has 5 nitrogen and oxygen atoms in total. The first-order valence-electron chi connectivity index (χ1n) is 11.7. The average molecular weight is 416 g/mol. The maximum Gasteiger partial charge on any atom is 0.416 e. The van der Waals surface area contributed by atoms with E-state index in [1.807, 2.05) is 18.2 Å². The summed E-state index contributed by atoms with van der Waals surface area (Å²) in [6.45, 7) is 5.84. The molecule has 2 saturated carbocycles. The van der Waals surface area contributed by atoms with E-state index in [0.717, 1.165) is 44.6 Å². The molecule has 2 amide bonds. The molecule has 1 aromatic carbocycles. The van der Waals surface area contributed by atoms with E-state index < -0.39 is 6.09 Å². The second-order valence-electron chi connectivity index (χ2n) is 9.00. The van der Waals surface area contributed by atoms with E-state index in [1.165, 1.54) is 29.7 Å². The van der Waals surface area contributed by atoms with Crippen molar-refractivity contribution in [1.82, 2.24) is 4.90 Å². The Hall–Kier alpha value is -1.88. The molecule has 0 N–H and O–H groups in total. The molecular weight excluding hydrogens is 378 g/mol. The van der Waals surface area contributed by atoms with Crippen LogP contribution in [0.15, 0.2) is 30.3 Å². The summed E-state index contributed by atoms with van der Waals surface area (Å²) in [4.78, 5) is 25.0. The first-order valence-corrected chi connectivity index (χ1v) is 11.7. The normalized spacial score (nSPS) is 26.4. The Morgan fingerprint density at radius 2 is 1.87 bits per heavy atom. The number of rotatable bonds is 6. The van der Waals surface area contributed by atoms with Crippen LogP contribution in [0.25, 0.3) is 0 Å². The molecule has 3 aliphatic rings. The second-order valence-corrected chi connectivity index (χ2v) is 9.00. The Balaban J connectivity index is 0.000000310. The monoisotopic (exact) mass is 415 g/mol. The van der Waals surface area contributed by atoms with Crippen molar-refractivity contribution in [2.75, 3.05) is 19.8 Å². The minimum atomic E-state index is -0.471. The summed E-state index contributed by atoms with van der Waals surface area (Å²) in [7, 11) is 0. The molecule has 0 atom stereocenters. The van der Waals surface area contributed by atoms with Gasteiger partial charge in [-0.1, -0.05) is 49.2 Å². The predicted octanol–water partition coefficient (Wildman–Crippen LogP) is 5.51. The van der Waals surface area contributed by atoms with Crippen LogP contribution in [0.2, 0.25) is 0 Å². The zero-order valence-corrected chi connectivity index (χ0v) is 18.6. The molecular formula is C25H37NO4. The standard InChI is InChI=1S/C18H29NO4.C7H8/c1-2-11-23-18(15-4-3-5-15)8-6-14(7-9-18)13-16(20)19-10-12-22-17(19)21;1-7-5-3-2-4-6-7/h14-15H,2-13H2,1H3;2-6H,1H3. The molecule has 3 fully saturated rings. The first kappa shape index (κ1) is 22.8. The lowest BCUT2D eigenvalue weighted by Crippen LogP contribution is -2.47. The number of amides is 2. The van der Waals surface area contributed by atoms with Crippen molar-refractivity contribution in [3.63, 3.8) is 0 Å². The van der Waals surface area contributed by atoms with Crippen molar-refractivity contribution < 1.29 is 19.1 Å². The van der Waals surface area contributed by atoms with E-state index in [9.17, 15) is 9.59 Å². The average Bonchev–Trinajstić information content (AvgIpc) is 3.14. The number of aryl methyl sites for hydroxylation is 1. The van der Waals surface area contributed by atoms with Gasteiger partial charge in [0.15, 0.2) is 0 Å². The van der Waals surface area contributed by atoms with Crippen molar-refractivity contribution in [2.24, 2.45) is 11.8 Å². The van der Waals surface area contributed by atoms with Gasteiger partial charge in [0.2, 0.25) is 5.91 Å². The Labute approximate surface area is 181 Å². The number of hydrogen-bond acceptors (Lipinski definition) is 4. The van der Waals surface area contributed by atoms with E-state index >= 15 is 0 Å². The molecule has 0 aromatic heterocycles. The van der Waals surface area contributed by atoms with Crippen LogP contribution in [-0.4, -0.2) is 42.3 Å². The number of ether oxygens (including phenoxy) is 2. The van der Waals surface area contributed by atoms with Crippen LogP contribution < -0.4 is 0 Å². The molecule has 1 aromatic rings. The van der Waals surface area contributed by atoms with Gasteiger partial charge in [0.25, 0.3) is 0 Å². The van der Waals surface area contributed by atoms with Gasteiger partial charge in [0.1, 0.15) is 6.61 Å². The Morgan fingerprint density at radius 1 is 1.17 bits per heavy atom. The van der Waals surface area contributed by atoms with Gasteiger partial charge in [0.05, 0.1) is 12.1 Å². The zero-order valence-electron chi connectivity index (χ0n) is 18.6. The summed E-state index contributed by atoms with van der Waals surface area (Å²) in [5.41, 5.74) is 1.39. The molecule has 5 heteroatoms. The summed E-state index contributed by atoms with van der Waals surface area (Å²) >= 11 is 0. The SMILES string of the molecule is CCCOC1(C2CCC2)CCC(CC(=O)N2CCOC2=O)CC1.Cc1ccccc1. The molecule has 0 bridgehead atoms. The lowest BCUT2D eigenvalue weighted by Gasteiger charge is -2.49. The van der Waals surface area contributed by atoms with Crippen molar-refractivity contribution in [3.05, 3.63) is 35.9 Å². The molecule has 4 rings (SSSR count). The van der Waals surface area contributed by atoms with Crippen LogP contribution >= 0.6 is 0 Å². The Kier molecular flexibility index (Phi) is 8.32. The van der Waals surface area contributed by atoms with E-state index in [4.69, 9.17) is 9.47 Å². The lowest BCUT2D eigenvalue weighted by atomic mass is 9.64. The van der Waals surface area contributed by atoms with Crippen LogP contribution in [-0.2, 0) is 14.3 Å². The van der Waals surface area contributed by atoms with Crippen molar-refractivity contribution in [3.8, 4) is 0 Å². The first-order chi connectivity index (χ1) is 14.5. The Morgan fingerprint density at radius 3 is 2.33 bits per heavy atom. The molecule has 0 radical (unpaired) electrons. The van der Waals surface area contributed by atoms with E-state index in [2.05, 4.69) is 26.0 Å². The van der Waals surface area contributed by atoms with Crippen LogP contribution in [0.5, 0.6) is 0 Å². The summed E-state index contributed by atoms with van der Waals surface area (Å²) in [6.07, 6.45) is 9.21. The zero-order chi connectivity index (χ0) is 21.4. The van der Waals surface area contributed by atoms with E-state index in [0.29, 0.717) is 25.5 Å². The molecule has 166 valence electrons. The number of benzene rings is 1. The minimum Gasteiger partial charge on any atom is -0.447 e. The molecule has 2 aliphatic carbocycles. The van der Waals surface area contributed by atoms with E-state index in [-0.39, 0.29) is 11.5 Å². The van der Waals surface area contributed by atoms with Gasteiger partial charge in [-0.3, -0.25) is 4.79 Å². The highest BCUT2D eigenvalue weighted by Crippen LogP contribution is 2.48. The minimum absolute atomic E-state index is 0.0666. The van der Waals surface area contributed by atoms with Crippen LogP contribution in [0.4, 0.5) is 4.79 Å². The number of carbonyl (C=O) groups excluding carboxylic acids is 2. The van der Waals surface area contributed by atoms with Crippen molar-refractivity contribution in [1.29, 1.82) is 0 Å². The highest BCUT2D eigenvalue weighted by atomic mass is 16.6. The van der Waals surface area contributed by atoms with Gasteiger partial charge in [-0.05, 0) is 63.7 Å². The maximum absolute atomic E-state index is 12.3. The third-order valence-electron chi connectivity index (χ3n) is 6.86. The van der Waals surface area contributed by atoms with Gasteiger partial charge in [0, 0.05) is 13.0 Å². The maximum atomic E-state index is 12.3. The fourth-order valence-corrected chi connectivity index (χ4v) is 4.79. The largest absolute Gasteiger partial charge is 0.447 e. The van der Waals surface area contributed by atoms with Gasteiger partial charge in [-0.15, -0.1) is 0 Å². The Bertz CT molecular complexity index is 678. The summed E-state index contributed by atoms with van der Waals surface area (Å²) < 4.78 is 11.2. The summed E-state index contributed by atoms with van der Waals surface area (Å²) in [5, 5.41) is 0. The molecule has 1 saturated heterocycles. The summed E-state index contributed by atoms with van der Waals surface area (Å²) in [6, 6.07) is 10.3. The van der Waals surface area contributed by atoms with Gasteiger partial charge < -0.3 is 9.47 Å². The highest BCUT2D eigenvalue weighted by Gasteiger charge is 2.45. The van der Waals surface area contributed by atoms with E-state index in [1.54, 1.807) is 0 Å². The number of nitrogens with zero attached hydrogens (tertiary/aromatic N) is 1. The quantitative estimate of drug-likeness (QED) is 0.615. The van der Waals surface area contributed by atoms with Crippen molar-refractivity contribution >= 4 is 12.0 Å². The molecule has 1 aliphatic heterocycles. The van der Waals surface area contributed by atoms with Crippen LogP contribution in [0.3, 0.4) is 0 Å². The third-order valence-corrected chi connectivity index (χ3v) is 6.86. The van der Waals surface area contributed by atoms with Gasteiger partial charge >= 0.3 is 6.09 Å². The number of cyclic esters (lactones) is 1. The van der Waals surface area contributed by atoms with Gasteiger partial charge in [-0.25, -0.2) is 9.69 Å². The van der Waals surface area contributed by atoms with Crippen LogP contribution in [0.1, 0.15) is 70.3 Å². The third kappa shape index (κ3) is 5.84. The second kappa shape index (κ2) is 10.9. The molecule has 1 heterocycles. The topological polar surface area (TPSA) is 55.8 Å². The highest BCUT2D eigenvalue weighted by molar-refractivity contribution is 5.93. The number of hydrogen-bond donors (Lipinski definition) is 0. The van der Waals surface area contributed by atoms with Gasteiger partial charge in [-0.2, -0.15) is 0 Å². The fraction of sp³-hybridized carbons (Fsp3) is 0.680. The molecule has 30 heavy (non-hydrogen) atoms. The lowest BCUT2D eigenvalue weighted by molar-refractivity contribution is -0.141. The smallest absolute Gasteiger partial charge is 0.416 e.